The zero-order valence-corrected chi connectivity index (χ0v) is 13.8. The van der Waals surface area contributed by atoms with Crippen LogP contribution < -0.4 is 4.74 Å². The molecule has 134 valence electrons. The molecule has 2 amide bonds. The third kappa shape index (κ3) is 3.32. The van der Waals surface area contributed by atoms with Crippen LogP contribution in [0.25, 0.3) is 0 Å². The van der Waals surface area contributed by atoms with Gasteiger partial charge in [0.25, 0.3) is 0 Å². The predicted molar refractivity (Wildman–Crippen MR) is 81.5 cm³/mol. The van der Waals surface area contributed by atoms with E-state index in [9.17, 15) is 19.5 Å². The zero-order valence-electron chi connectivity index (χ0n) is 13.8. The Morgan fingerprint density at radius 1 is 1.32 bits per heavy atom. The lowest BCUT2D eigenvalue weighted by Gasteiger charge is -2.19. The van der Waals surface area contributed by atoms with Crippen LogP contribution in [0.5, 0.6) is 6.01 Å². The number of methoxy groups -OCH3 is 1. The molecule has 1 aromatic heterocycles. The van der Waals surface area contributed by atoms with Crippen LogP contribution in [0.1, 0.15) is 24.6 Å². The lowest BCUT2D eigenvalue weighted by atomic mass is 10.2. The zero-order chi connectivity index (χ0) is 18.1. The molecule has 1 aromatic rings. The molecular weight excluding hydrogens is 332 g/mol. The van der Waals surface area contributed by atoms with Gasteiger partial charge < -0.3 is 19.5 Å². The van der Waals surface area contributed by atoms with Crippen molar-refractivity contribution in [2.24, 2.45) is 0 Å². The quantitative estimate of drug-likeness (QED) is 0.809. The molecule has 1 fully saturated rings. The number of carbonyl (C=O) groups is 3. The van der Waals surface area contributed by atoms with Gasteiger partial charge in [-0.2, -0.15) is 4.98 Å². The summed E-state index contributed by atoms with van der Waals surface area (Å²) in [5.74, 6) is -1.47. The fourth-order valence-corrected chi connectivity index (χ4v) is 3.04. The molecule has 0 aromatic carbocycles. The van der Waals surface area contributed by atoms with Crippen molar-refractivity contribution < 1.29 is 29.0 Å². The molecular formula is C15H18N4O6. The fraction of sp³-hybridized carbons (Fsp3) is 0.533. The number of rotatable bonds is 3. The summed E-state index contributed by atoms with van der Waals surface area (Å²) in [5.41, 5.74) is 1.49. The average Bonchev–Trinajstić information content (AvgIpc) is 3.17. The highest BCUT2D eigenvalue weighted by Crippen LogP contribution is 2.25. The SMILES string of the molecule is COc1ncc2c(n1)CN(C(=O)O[C@@H]1C[C@@H](C(=O)O)N(C(C)=O)C1)C2. The molecule has 3 rings (SSSR count). The summed E-state index contributed by atoms with van der Waals surface area (Å²) in [5, 5.41) is 9.19. The molecule has 0 spiro atoms. The highest BCUT2D eigenvalue weighted by atomic mass is 16.6. The van der Waals surface area contributed by atoms with Crippen LogP contribution >= 0.6 is 0 Å². The molecule has 2 aliphatic rings. The molecule has 0 unspecified atom stereocenters. The molecule has 1 saturated heterocycles. The van der Waals surface area contributed by atoms with Crippen LogP contribution in [0.3, 0.4) is 0 Å². The summed E-state index contributed by atoms with van der Waals surface area (Å²) in [6.07, 6.45) is 0.454. The first-order chi connectivity index (χ1) is 11.9. The number of aromatic nitrogens is 2. The monoisotopic (exact) mass is 350 g/mol. The number of carboxylic acids is 1. The molecule has 3 heterocycles. The second-order valence-electron chi connectivity index (χ2n) is 5.95. The minimum Gasteiger partial charge on any atom is -0.480 e. The molecule has 2 aliphatic heterocycles. The second kappa shape index (κ2) is 6.54. The van der Waals surface area contributed by atoms with E-state index < -0.39 is 24.2 Å². The molecule has 25 heavy (non-hydrogen) atoms. The minimum atomic E-state index is -1.11. The van der Waals surface area contributed by atoms with Gasteiger partial charge in [0.1, 0.15) is 12.1 Å². The Bertz CT molecular complexity index is 702. The minimum absolute atomic E-state index is 0.0759. The van der Waals surface area contributed by atoms with E-state index in [4.69, 9.17) is 9.47 Å². The Morgan fingerprint density at radius 3 is 2.68 bits per heavy atom. The number of aliphatic carboxylic acids is 1. The van der Waals surface area contributed by atoms with E-state index in [1.54, 1.807) is 6.20 Å². The highest BCUT2D eigenvalue weighted by Gasteiger charge is 2.41. The van der Waals surface area contributed by atoms with E-state index in [1.807, 2.05) is 0 Å². The molecule has 1 N–H and O–H groups in total. The van der Waals surface area contributed by atoms with Gasteiger partial charge in [-0.05, 0) is 0 Å². The first-order valence-electron chi connectivity index (χ1n) is 7.73. The maximum absolute atomic E-state index is 12.4. The molecule has 0 bridgehead atoms. The second-order valence-corrected chi connectivity index (χ2v) is 5.95. The Balaban J connectivity index is 1.62. The maximum atomic E-state index is 12.4. The Kier molecular flexibility index (Phi) is 4.43. The molecule has 0 radical (unpaired) electrons. The summed E-state index contributed by atoms with van der Waals surface area (Å²) in [6, 6.07) is -0.743. The summed E-state index contributed by atoms with van der Waals surface area (Å²) in [7, 11) is 1.46. The van der Waals surface area contributed by atoms with E-state index in [0.29, 0.717) is 12.2 Å². The topological polar surface area (TPSA) is 122 Å². The standard InChI is InChI=1S/C15H18N4O6/c1-8(20)19-6-10(3-12(19)13(21)22)25-15(23)18-5-9-4-16-14(24-2)17-11(9)7-18/h4,10,12H,3,5-7H2,1-2H3,(H,21,22)/t10-,12+/m1/s1. The molecule has 2 atom stereocenters. The number of nitrogens with zero attached hydrogens (tertiary/aromatic N) is 4. The van der Waals surface area contributed by atoms with E-state index in [-0.39, 0.29) is 31.4 Å². The van der Waals surface area contributed by atoms with Gasteiger partial charge >= 0.3 is 18.1 Å². The number of carbonyl (C=O) groups excluding carboxylic acids is 2. The number of hydrogen-bond donors (Lipinski definition) is 1. The molecule has 0 aliphatic carbocycles. The van der Waals surface area contributed by atoms with Crippen LogP contribution in [0.4, 0.5) is 4.79 Å². The smallest absolute Gasteiger partial charge is 0.410 e. The van der Waals surface area contributed by atoms with Crippen molar-refractivity contribution in [3.8, 4) is 6.01 Å². The fourth-order valence-electron chi connectivity index (χ4n) is 3.04. The molecule has 0 saturated carbocycles. The van der Waals surface area contributed by atoms with Crippen LogP contribution in [0, 0.1) is 0 Å². The van der Waals surface area contributed by atoms with Crippen LogP contribution in [0.2, 0.25) is 0 Å². The molecule has 10 nitrogen and oxygen atoms in total. The van der Waals surface area contributed by atoms with Gasteiger partial charge in [0.2, 0.25) is 5.91 Å². The average molecular weight is 350 g/mol. The first-order valence-corrected chi connectivity index (χ1v) is 7.73. The Morgan fingerprint density at radius 2 is 2.08 bits per heavy atom. The largest absolute Gasteiger partial charge is 0.480 e. The van der Waals surface area contributed by atoms with Gasteiger partial charge in [0.15, 0.2) is 0 Å². The van der Waals surface area contributed by atoms with E-state index in [0.717, 1.165) is 5.56 Å². The predicted octanol–water partition coefficient (Wildman–Crippen LogP) is 0.0114. The van der Waals surface area contributed by atoms with Gasteiger partial charge in [0, 0.05) is 25.1 Å². The normalized spacial score (nSPS) is 21.8. The van der Waals surface area contributed by atoms with Gasteiger partial charge in [-0.25, -0.2) is 14.6 Å². The Hall–Kier alpha value is -2.91. The summed E-state index contributed by atoms with van der Waals surface area (Å²) in [4.78, 5) is 46.0. The van der Waals surface area contributed by atoms with E-state index in [1.165, 1.54) is 23.8 Å². The lowest BCUT2D eigenvalue weighted by Crippen LogP contribution is -2.39. The van der Waals surface area contributed by atoms with Crippen molar-refractivity contribution in [3.05, 3.63) is 17.5 Å². The third-order valence-electron chi connectivity index (χ3n) is 4.29. The van der Waals surface area contributed by atoms with Crippen LogP contribution in [0.15, 0.2) is 6.20 Å². The lowest BCUT2D eigenvalue weighted by molar-refractivity contribution is -0.147. The van der Waals surface area contributed by atoms with Crippen molar-refractivity contribution in [1.82, 2.24) is 19.8 Å². The van der Waals surface area contributed by atoms with E-state index in [2.05, 4.69) is 9.97 Å². The third-order valence-corrected chi connectivity index (χ3v) is 4.29. The summed E-state index contributed by atoms with van der Waals surface area (Å²) in [6.45, 7) is 1.94. The number of fused-ring (bicyclic) bond motifs is 1. The summed E-state index contributed by atoms with van der Waals surface area (Å²) < 4.78 is 10.4. The van der Waals surface area contributed by atoms with Crippen molar-refractivity contribution >= 4 is 18.0 Å². The van der Waals surface area contributed by atoms with Crippen molar-refractivity contribution in [2.45, 2.75) is 38.6 Å². The van der Waals surface area contributed by atoms with Gasteiger partial charge in [-0.3, -0.25) is 9.69 Å². The van der Waals surface area contributed by atoms with Crippen molar-refractivity contribution in [1.29, 1.82) is 0 Å². The molecule has 10 heteroatoms. The maximum Gasteiger partial charge on any atom is 0.410 e. The highest BCUT2D eigenvalue weighted by molar-refractivity contribution is 5.83. The Labute approximate surface area is 143 Å². The number of likely N-dealkylation sites (tertiary alicyclic amines) is 1. The number of amides is 2. The van der Waals surface area contributed by atoms with Crippen molar-refractivity contribution in [2.75, 3.05) is 13.7 Å². The number of carboxylic acid groups (broad SMARTS) is 1. The van der Waals surface area contributed by atoms with Crippen LogP contribution in [-0.2, 0) is 27.4 Å². The van der Waals surface area contributed by atoms with Gasteiger partial charge in [0.05, 0.1) is 32.4 Å². The first kappa shape index (κ1) is 16.9. The number of ether oxygens (including phenoxy) is 2. The number of hydrogen-bond acceptors (Lipinski definition) is 7. The van der Waals surface area contributed by atoms with E-state index >= 15 is 0 Å². The summed E-state index contributed by atoms with van der Waals surface area (Å²) >= 11 is 0. The van der Waals surface area contributed by atoms with Crippen molar-refractivity contribution in [3.63, 3.8) is 0 Å². The van der Waals surface area contributed by atoms with Gasteiger partial charge in [-0.1, -0.05) is 0 Å². The van der Waals surface area contributed by atoms with Crippen LogP contribution in [-0.4, -0.2) is 68.6 Å². The van der Waals surface area contributed by atoms with Gasteiger partial charge in [-0.15, -0.1) is 0 Å².